The summed E-state index contributed by atoms with van der Waals surface area (Å²) in [6.07, 6.45) is 1.96. The summed E-state index contributed by atoms with van der Waals surface area (Å²) >= 11 is 1.68. The van der Waals surface area contributed by atoms with Crippen LogP contribution < -0.4 is 11.1 Å². The van der Waals surface area contributed by atoms with Crippen molar-refractivity contribution in [3.05, 3.63) is 45.9 Å². The second-order valence-electron chi connectivity index (χ2n) is 6.39. The van der Waals surface area contributed by atoms with Crippen LogP contribution in [0, 0.1) is 12.8 Å². The van der Waals surface area contributed by atoms with E-state index >= 15 is 0 Å². The molecule has 1 aromatic carbocycles. The molecule has 0 bridgehead atoms. The maximum absolute atomic E-state index is 11.4. The lowest BCUT2D eigenvalue weighted by Crippen LogP contribution is -2.40. The molecule has 1 fully saturated rings. The fraction of sp³-hybridized carbons (Fsp3) is 0.444. The Hall–Kier alpha value is -1.92. The Labute approximate surface area is 146 Å². The third-order valence-corrected chi connectivity index (χ3v) is 5.47. The van der Waals surface area contributed by atoms with Crippen molar-refractivity contribution in [2.75, 3.05) is 18.4 Å². The van der Waals surface area contributed by atoms with Crippen molar-refractivity contribution in [2.45, 2.75) is 32.9 Å². The highest BCUT2D eigenvalue weighted by atomic mass is 32.1. The van der Waals surface area contributed by atoms with Gasteiger partial charge in [-0.2, -0.15) is 0 Å². The molecule has 5 nitrogen and oxygen atoms in total. The molecule has 3 N–H and O–H groups in total. The molecule has 24 heavy (non-hydrogen) atoms. The zero-order valence-electron chi connectivity index (χ0n) is 14.0. The van der Waals surface area contributed by atoms with Gasteiger partial charge in [-0.25, -0.2) is 4.98 Å². The average Bonchev–Trinajstić information content (AvgIpc) is 2.99. The molecular weight excluding hydrogens is 320 g/mol. The molecule has 1 amide bonds. The maximum Gasteiger partial charge on any atom is 0.221 e. The van der Waals surface area contributed by atoms with Crippen molar-refractivity contribution in [1.82, 2.24) is 9.88 Å². The minimum Gasteiger partial charge on any atom is -0.380 e. The van der Waals surface area contributed by atoms with Crippen LogP contribution in [0.5, 0.6) is 0 Å². The predicted molar refractivity (Wildman–Crippen MR) is 97.8 cm³/mol. The maximum atomic E-state index is 11.4. The zero-order valence-corrected chi connectivity index (χ0v) is 14.8. The summed E-state index contributed by atoms with van der Waals surface area (Å²) in [5.41, 5.74) is 10.8. The van der Waals surface area contributed by atoms with Gasteiger partial charge in [0.1, 0.15) is 0 Å². The first-order chi connectivity index (χ1) is 11.6. The van der Waals surface area contributed by atoms with Gasteiger partial charge in [0.15, 0.2) is 0 Å². The van der Waals surface area contributed by atoms with Crippen LogP contribution in [0.4, 0.5) is 5.69 Å². The van der Waals surface area contributed by atoms with Crippen LogP contribution >= 0.6 is 11.3 Å². The number of amides is 1. The molecule has 1 aromatic heterocycles. The molecule has 0 radical (unpaired) electrons. The van der Waals surface area contributed by atoms with Crippen LogP contribution in [0.1, 0.15) is 29.0 Å². The van der Waals surface area contributed by atoms with Crippen molar-refractivity contribution >= 4 is 22.9 Å². The summed E-state index contributed by atoms with van der Waals surface area (Å²) < 4.78 is 0. The molecule has 0 unspecified atom stereocenters. The summed E-state index contributed by atoms with van der Waals surface area (Å²) in [5, 5.41) is 3.47. The van der Waals surface area contributed by atoms with E-state index in [4.69, 9.17) is 5.73 Å². The fourth-order valence-corrected chi connectivity index (χ4v) is 3.86. The summed E-state index contributed by atoms with van der Waals surface area (Å²) in [4.78, 5) is 19.3. The van der Waals surface area contributed by atoms with E-state index in [1.54, 1.807) is 11.3 Å². The highest BCUT2D eigenvalue weighted by Crippen LogP contribution is 2.20. The lowest BCUT2D eigenvalue weighted by atomic mass is 9.97. The summed E-state index contributed by atoms with van der Waals surface area (Å²) in [7, 11) is 0. The summed E-state index contributed by atoms with van der Waals surface area (Å²) in [5.74, 6) is -0.176. The van der Waals surface area contributed by atoms with Gasteiger partial charge in [-0.05, 0) is 44.0 Å². The monoisotopic (exact) mass is 344 g/mol. The van der Waals surface area contributed by atoms with E-state index in [9.17, 15) is 4.79 Å². The predicted octanol–water partition coefficient (Wildman–Crippen LogP) is 2.76. The molecule has 3 rings (SSSR count). The summed E-state index contributed by atoms with van der Waals surface area (Å²) in [6.45, 7) is 5.50. The van der Waals surface area contributed by atoms with Crippen molar-refractivity contribution in [2.24, 2.45) is 11.7 Å². The number of hydrogen-bond acceptors (Lipinski definition) is 5. The van der Waals surface area contributed by atoms with E-state index < -0.39 is 0 Å². The highest BCUT2D eigenvalue weighted by Gasteiger charge is 2.23. The number of nitrogens with one attached hydrogen (secondary N) is 1. The smallest absolute Gasteiger partial charge is 0.221 e. The lowest BCUT2D eigenvalue weighted by Gasteiger charge is -2.31. The van der Waals surface area contributed by atoms with Crippen LogP contribution in [-0.2, 0) is 17.9 Å². The molecule has 1 atom stereocenters. The largest absolute Gasteiger partial charge is 0.380 e. The van der Waals surface area contributed by atoms with E-state index in [1.165, 1.54) is 10.4 Å². The number of anilines is 1. The number of carbonyl (C=O) groups excluding carboxylic acids is 1. The van der Waals surface area contributed by atoms with Crippen LogP contribution in [0.3, 0.4) is 0 Å². The van der Waals surface area contributed by atoms with E-state index in [1.807, 2.05) is 12.4 Å². The van der Waals surface area contributed by atoms with Gasteiger partial charge in [0.05, 0.1) is 23.7 Å². The number of rotatable bonds is 6. The SMILES string of the molecule is Cc1ncsc1CNc1cccc(CN2CCC[C@@H](C(N)=O)C2)c1. The number of piperidine rings is 1. The molecule has 0 spiro atoms. The van der Waals surface area contributed by atoms with Gasteiger partial charge >= 0.3 is 0 Å². The number of hydrogen-bond donors (Lipinski definition) is 2. The Morgan fingerprint density at radius 3 is 3.12 bits per heavy atom. The molecule has 1 aliphatic rings. The molecule has 2 heterocycles. The van der Waals surface area contributed by atoms with Crippen molar-refractivity contribution in [3.63, 3.8) is 0 Å². The molecule has 128 valence electrons. The van der Waals surface area contributed by atoms with E-state index in [0.717, 1.165) is 50.4 Å². The van der Waals surface area contributed by atoms with Crippen LogP contribution in [0.15, 0.2) is 29.8 Å². The molecule has 6 heteroatoms. The van der Waals surface area contributed by atoms with Crippen molar-refractivity contribution < 1.29 is 4.79 Å². The average molecular weight is 344 g/mol. The third-order valence-electron chi connectivity index (χ3n) is 4.54. The number of aryl methyl sites for hydroxylation is 1. The number of benzene rings is 1. The number of aromatic nitrogens is 1. The van der Waals surface area contributed by atoms with E-state index in [-0.39, 0.29) is 11.8 Å². The van der Waals surface area contributed by atoms with E-state index in [0.29, 0.717) is 0 Å². The molecule has 2 aromatic rings. The van der Waals surface area contributed by atoms with Gasteiger partial charge in [-0.3, -0.25) is 9.69 Å². The van der Waals surface area contributed by atoms with Crippen molar-refractivity contribution in [1.29, 1.82) is 0 Å². The van der Waals surface area contributed by atoms with Crippen molar-refractivity contribution in [3.8, 4) is 0 Å². The Kier molecular flexibility index (Phi) is 5.48. The van der Waals surface area contributed by atoms with Crippen LogP contribution in [0.25, 0.3) is 0 Å². The van der Waals surface area contributed by atoms with Gasteiger partial charge < -0.3 is 11.1 Å². The number of nitrogens with zero attached hydrogens (tertiary/aromatic N) is 2. The fourth-order valence-electron chi connectivity index (χ4n) is 3.15. The Morgan fingerprint density at radius 1 is 1.50 bits per heavy atom. The zero-order chi connectivity index (χ0) is 16.9. The second-order valence-corrected chi connectivity index (χ2v) is 7.33. The first-order valence-corrected chi connectivity index (χ1v) is 9.23. The molecule has 0 aliphatic carbocycles. The first-order valence-electron chi connectivity index (χ1n) is 8.35. The second kappa shape index (κ2) is 7.77. The first kappa shape index (κ1) is 16.9. The molecule has 0 saturated carbocycles. The third kappa shape index (κ3) is 4.33. The Morgan fingerprint density at radius 2 is 2.38 bits per heavy atom. The Bertz CT molecular complexity index is 700. The topological polar surface area (TPSA) is 71.2 Å². The molecule has 1 saturated heterocycles. The summed E-state index contributed by atoms with van der Waals surface area (Å²) in [6, 6.07) is 8.48. The number of thiazole rings is 1. The van der Waals surface area contributed by atoms with Crippen LogP contribution in [0.2, 0.25) is 0 Å². The van der Waals surface area contributed by atoms with Gasteiger partial charge in [-0.15, -0.1) is 11.3 Å². The lowest BCUT2D eigenvalue weighted by molar-refractivity contribution is -0.123. The van der Waals surface area contributed by atoms with Gasteiger partial charge in [0.2, 0.25) is 5.91 Å². The van der Waals surface area contributed by atoms with Gasteiger partial charge in [-0.1, -0.05) is 12.1 Å². The van der Waals surface area contributed by atoms with E-state index in [2.05, 4.69) is 39.5 Å². The molecule has 1 aliphatic heterocycles. The van der Waals surface area contributed by atoms with Crippen LogP contribution in [-0.4, -0.2) is 28.9 Å². The minimum atomic E-state index is -0.171. The molecular formula is C18H24N4OS. The van der Waals surface area contributed by atoms with Gasteiger partial charge in [0, 0.05) is 23.7 Å². The number of nitrogens with two attached hydrogens (primary N) is 1. The van der Waals surface area contributed by atoms with Gasteiger partial charge in [0.25, 0.3) is 0 Å². The Balaban J connectivity index is 1.58. The quantitative estimate of drug-likeness (QED) is 0.845. The number of carbonyl (C=O) groups is 1. The highest BCUT2D eigenvalue weighted by molar-refractivity contribution is 7.09. The number of likely N-dealkylation sites (tertiary alicyclic amines) is 1. The normalized spacial score (nSPS) is 18.5. The minimum absolute atomic E-state index is 0.00522. The standard InChI is InChI=1S/C18H24N4OS/c1-13-17(24-12-21-13)9-20-16-6-2-4-14(8-16)10-22-7-3-5-15(11-22)18(19)23/h2,4,6,8,12,15,20H,3,5,7,9-11H2,1H3,(H2,19,23)/t15-/m1/s1. The number of primary amides is 1.